The Morgan fingerprint density at radius 3 is 2.72 bits per heavy atom. The Labute approximate surface area is 175 Å². The third-order valence-corrected chi connectivity index (χ3v) is 6.56. The zero-order chi connectivity index (χ0) is 20.2. The van der Waals surface area contributed by atoms with Gasteiger partial charge in [-0.15, -0.1) is 11.3 Å². The van der Waals surface area contributed by atoms with Crippen LogP contribution in [0.5, 0.6) is 5.75 Å². The van der Waals surface area contributed by atoms with Crippen LogP contribution in [0.3, 0.4) is 0 Å². The quantitative estimate of drug-likeness (QED) is 0.521. The van der Waals surface area contributed by atoms with Gasteiger partial charge in [0.25, 0.3) is 5.56 Å². The number of nitrogens with one attached hydrogen (secondary N) is 1. The van der Waals surface area contributed by atoms with E-state index in [1.54, 1.807) is 11.3 Å². The molecule has 4 rings (SSSR count). The van der Waals surface area contributed by atoms with Crippen molar-refractivity contribution in [1.82, 2.24) is 9.97 Å². The maximum absolute atomic E-state index is 12.7. The van der Waals surface area contributed by atoms with Crippen molar-refractivity contribution in [2.45, 2.75) is 52.4 Å². The van der Waals surface area contributed by atoms with Crippen LogP contribution in [0.25, 0.3) is 22.4 Å². The van der Waals surface area contributed by atoms with Crippen LogP contribution in [0.2, 0.25) is 0 Å². The summed E-state index contributed by atoms with van der Waals surface area (Å²) in [6.45, 7) is 5.13. The number of H-pyrrole nitrogens is 1. The van der Waals surface area contributed by atoms with E-state index in [2.05, 4.69) is 18.8 Å². The molecule has 2 aromatic heterocycles. The summed E-state index contributed by atoms with van der Waals surface area (Å²) >= 11 is 1.69. The Bertz CT molecular complexity index is 1060. The minimum Gasteiger partial charge on any atom is -0.494 e. The number of aromatic amines is 1. The van der Waals surface area contributed by atoms with Crippen molar-refractivity contribution in [2.24, 2.45) is 5.92 Å². The van der Waals surface area contributed by atoms with Gasteiger partial charge in [-0.25, -0.2) is 4.98 Å². The molecule has 0 radical (unpaired) electrons. The third-order valence-electron chi connectivity index (χ3n) is 5.37. The molecule has 0 atom stereocenters. The predicted octanol–water partition coefficient (Wildman–Crippen LogP) is 5.85. The molecule has 2 heterocycles. The molecule has 0 bridgehead atoms. The maximum Gasteiger partial charge on any atom is 0.260 e. The second-order valence-corrected chi connectivity index (χ2v) is 9.21. The van der Waals surface area contributed by atoms with E-state index in [1.807, 2.05) is 36.4 Å². The largest absolute Gasteiger partial charge is 0.494 e. The second-order valence-electron chi connectivity index (χ2n) is 8.13. The highest BCUT2D eigenvalue weighted by molar-refractivity contribution is 7.18. The van der Waals surface area contributed by atoms with Crippen molar-refractivity contribution in [3.63, 3.8) is 0 Å². The minimum absolute atomic E-state index is 0.0112. The number of aromatic nitrogens is 2. The van der Waals surface area contributed by atoms with E-state index < -0.39 is 0 Å². The van der Waals surface area contributed by atoms with Crippen LogP contribution in [0.1, 0.15) is 61.4 Å². The number of benzene rings is 1. The van der Waals surface area contributed by atoms with Crippen molar-refractivity contribution in [1.29, 1.82) is 0 Å². The molecule has 0 saturated heterocycles. The van der Waals surface area contributed by atoms with Gasteiger partial charge in [0.1, 0.15) is 16.4 Å². The third kappa shape index (κ3) is 4.78. The van der Waals surface area contributed by atoms with Gasteiger partial charge in [-0.3, -0.25) is 4.79 Å². The standard InChI is InChI=1S/C24H28N2O2S/c1-16(2)14-15-28-18-11-8-17(9-12-18)10-13-21-25-23(27)22-19-6-4-3-5-7-20(19)29-24(22)26-21/h8-13,16H,3-7,14-15H2,1-2H3,(H,25,26,27)/b13-10+. The van der Waals surface area contributed by atoms with Gasteiger partial charge in [-0.05, 0) is 67.4 Å². The molecule has 0 spiro atoms. The van der Waals surface area contributed by atoms with Crippen LogP contribution in [0.15, 0.2) is 29.1 Å². The summed E-state index contributed by atoms with van der Waals surface area (Å²) in [7, 11) is 0. The summed E-state index contributed by atoms with van der Waals surface area (Å²) < 4.78 is 5.76. The van der Waals surface area contributed by atoms with Gasteiger partial charge in [0.2, 0.25) is 0 Å². The molecule has 0 fully saturated rings. The number of ether oxygens (including phenoxy) is 1. The lowest BCUT2D eigenvalue weighted by Gasteiger charge is -2.08. The van der Waals surface area contributed by atoms with E-state index >= 15 is 0 Å². The first kappa shape index (κ1) is 19.9. The van der Waals surface area contributed by atoms with Crippen LogP contribution >= 0.6 is 11.3 Å². The average molecular weight is 409 g/mol. The van der Waals surface area contributed by atoms with Gasteiger partial charge in [0, 0.05) is 4.88 Å². The van der Waals surface area contributed by atoms with Crippen LogP contribution < -0.4 is 10.3 Å². The lowest BCUT2D eigenvalue weighted by molar-refractivity contribution is 0.289. The van der Waals surface area contributed by atoms with Crippen molar-refractivity contribution < 1.29 is 4.74 Å². The molecule has 1 aliphatic carbocycles. The number of nitrogens with zero attached hydrogens (tertiary/aromatic N) is 1. The lowest BCUT2D eigenvalue weighted by Crippen LogP contribution is -2.10. The first-order chi connectivity index (χ1) is 14.1. The number of thiophene rings is 1. The van der Waals surface area contributed by atoms with Crippen molar-refractivity contribution >= 4 is 33.7 Å². The van der Waals surface area contributed by atoms with Crippen LogP contribution in [0, 0.1) is 5.92 Å². The normalized spacial score (nSPS) is 14.4. The van der Waals surface area contributed by atoms with Crippen LogP contribution in [0.4, 0.5) is 0 Å². The number of aryl methyl sites for hydroxylation is 2. The molecular formula is C24H28N2O2S. The number of hydrogen-bond acceptors (Lipinski definition) is 4. The highest BCUT2D eigenvalue weighted by Crippen LogP contribution is 2.32. The molecule has 0 unspecified atom stereocenters. The molecule has 1 N–H and O–H groups in total. The SMILES string of the molecule is CC(C)CCOc1ccc(/C=C/c2nc3sc4c(c3c(=O)[nH]2)CCCCC4)cc1. The zero-order valence-corrected chi connectivity index (χ0v) is 18.0. The Kier molecular flexibility index (Phi) is 6.14. The minimum atomic E-state index is -0.0112. The van der Waals surface area contributed by atoms with Gasteiger partial charge in [0.05, 0.1) is 12.0 Å². The Balaban J connectivity index is 1.50. The number of fused-ring (bicyclic) bond motifs is 3. The van der Waals surface area contributed by atoms with Crippen molar-refractivity contribution in [2.75, 3.05) is 6.61 Å². The van der Waals surface area contributed by atoms with E-state index in [4.69, 9.17) is 9.72 Å². The molecule has 1 aliphatic rings. The molecule has 0 saturated carbocycles. The monoisotopic (exact) mass is 408 g/mol. The zero-order valence-electron chi connectivity index (χ0n) is 17.2. The van der Waals surface area contributed by atoms with E-state index in [0.29, 0.717) is 11.7 Å². The fourth-order valence-electron chi connectivity index (χ4n) is 3.70. The summed E-state index contributed by atoms with van der Waals surface area (Å²) in [5.41, 5.74) is 2.27. The van der Waals surface area contributed by atoms with Crippen molar-refractivity contribution in [3.05, 3.63) is 56.4 Å². The highest BCUT2D eigenvalue weighted by Gasteiger charge is 2.18. The molecule has 4 nitrogen and oxygen atoms in total. The van der Waals surface area contributed by atoms with Crippen LogP contribution in [-0.2, 0) is 12.8 Å². The summed E-state index contributed by atoms with van der Waals surface area (Å²) in [5, 5.41) is 0.812. The maximum atomic E-state index is 12.7. The molecule has 0 aliphatic heterocycles. The predicted molar refractivity (Wildman–Crippen MR) is 122 cm³/mol. The Morgan fingerprint density at radius 1 is 1.14 bits per heavy atom. The number of hydrogen-bond donors (Lipinski definition) is 1. The summed E-state index contributed by atoms with van der Waals surface area (Å²) in [6, 6.07) is 8.00. The van der Waals surface area contributed by atoms with E-state index in [9.17, 15) is 4.79 Å². The molecule has 5 heteroatoms. The molecule has 3 aromatic rings. The van der Waals surface area contributed by atoms with E-state index in [0.717, 1.165) is 53.8 Å². The van der Waals surface area contributed by atoms with E-state index in [1.165, 1.54) is 23.3 Å². The van der Waals surface area contributed by atoms with Gasteiger partial charge in [-0.2, -0.15) is 0 Å². The smallest absolute Gasteiger partial charge is 0.260 e. The van der Waals surface area contributed by atoms with Gasteiger partial charge < -0.3 is 9.72 Å². The first-order valence-corrected chi connectivity index (χ1v) is 11.4. The lowest BCUT2D eigenvalue weighted by atomic mass is 10.1. The summed E-state index contributed by atoms with van der Waals surface area (Å²) in [4.78, 5) is 22.6. The van der Waals surface area contributed by atoms with Gasteiger partial charge in [0.15, 0.2) is 0 Å². The average Bonchev–Trinajstić information content (AvgIpc) is 2.89. The topological polar surface area (TPSA) is 55.0 Å². The number of rotatable bonds is 6. The fraction of sp³-hybridized carbons (Fsp3) is 0.417. The summed E-state index contributed by atoms with van der Waals surface area (Å²) in [5.74, 6) is 2.13. The van der Waals surface area contributed by atoms with E-state index in [-0.39, 0.29) is 5.56 Å². The second kappa shape index (κ2) is 8.95. The van der Waals surface area contributed by atoms with Gasteiger partial charge >= 0.3 is 0 Å². The Morgan fingerprint density at radius 2 is 1.93 bits per heavy atom. The van der Waals surface area contributed by atoms with Gasteiger partial charge in [-0.1, -0.05) is 38.5 Å². The van der Waals surface area contributed by atoms with Crippen LogP contribution in [-0.4, -0.2) is 16.6 Å². The molecule has 152 valence electrons. The highest BCUT2D eigenvalue weighted by atomic mass is 32.1. The molecule has 29 heavy (non-hydrogen) atoms. The molecule has 0 amide bonds. The first-order valence-electron chi connectivity index (χ1n) is 10.6. The Hall–Kier alpha value is -2.40. The molecule has 1 aromatic carbocycles. The van der Waals surface area contributed by atoms with Crippen molar-refractivity contribution in [3.8, 4) is 5.75 Å². The summed E-state index contributed by atoms with van der Waals surface area (Å²) in [6.07, 6.45) is 10.6. The molecular weight excluding hydrogens is 380 g/mol. The fourth-order valence-corrected chi connectivity index (χ4v) is 4.97.